The Morgan fingerprint density at radius 2 is 2.43 bits per heavy atom. The van der Waals surface area contributed by atoms with E-state index in [4.69, 9.17) is 16.3 Å². The van der Waals surface area contributed by atoms with Gasteiger partial charge in [-0.15, -0.1) is 0 Å². The van der Waals surface area contributed by atoms with Gasteiger partial charge in [0.05, 0.1) is 23.8 Å². The summed E-state index contributed by atoms with van der Waals surface area (Å²) in [5, 5.41) is 11.0. The molecule has 0 spiro atoms. The monoisotopic (exact) mass is 335 g/mol. The van der Waals surface area contributed by atoms with E-state index in [1.54, 1.807) is 12.1 Å². The van der Waals surface area contributed by atoms with Gasteiger partial charge in [0.15, 0.2) is 0 Å². The fraction of sp³-hybridized carbons (Fsp3) is 0.400. The summed E-state index contributed by atoms with van der Waals surface area (Å²) in [6.07, 6.45) is 1.51. The van der Waals surface area contributed by atoms with E-state index in [1.165, 1.54) is 6.20 Å². The van der Waals surface area contributed by atoms with Gasteiger partial charge < -0.3 is 15.4 Å². The third-order valence-corrected chi connectivity index (χ3v) is 3.74. The van der Waals surface area contributed by atoms with Gasteiger partial charge in [-0.05, 0) is 19.1 Å². The number of amides is 1. The number of nitrogens with zero attached hydrogens (tertiary/aromatic N) is 3. The summed E-state index contributed by atoms with van der Waals surface area (Å²) in [4.78, 5) is 16.1. The Labute approximate surface area is 139 Å². The summed E-state index contributed by atoms with van der Waals surface area (Å²) in [7, 11) is 0. The number of fused-ring (bicyclic) bond motifs is 1. The number of nitrogens with one attached hydrogen (secondary N) is 2. The fourth-order valence-corrected chi connectivity index (χ4v) is 2.44. The molecule has 2 aromatic rings. The maximum atomic E-state index is 12.1. The molecule has 1 atom stereocenters. The number of aromatic nitrogens is 3. The topological polar surface area (TPSA) is 81.1 Å². The highest BCUT2D eigenvalue weighted by atomic mass is 35.5. The smallest absolute Gasteiger partial charge is 0.271 e. The molecule has 1 amide bonds. The SMILES string of the molecule is CC1Cn2nc(C(=O)NCCOc3ccc(Cl)cn3)cc2CN1. The number of rotatable bonds is 5. The van der Waals surface area contributed by atoms with Gasteiger partial charge in [0, 0.05) is 24.8 Å². The Balaban J connectivity index is 1.47. The quantitative estimate of drug-likeness (QED) is 0.803. The van der Waals surface area contributed by atoms with Crippen molar-refractivity contribution in [1.82, 2.24) is 25.4 Å². The summed E-state index contributed by atoms with van der Waals surface area (Å²) >= 11 is 5.75. The van der Waals surface area contributed by atoms with E-state index in [0.29, 0.717) is 35.8 Å². The lowest BCUT2D eigenvalue weighted by Gasteiger charge is -2.21. The van der Waals surface area contributed by atoms with Crippen LogP contribution in [0.4, 0.5) is 0 Å². The minimum absolute atomic E-state index is 0.202. The summed E-state index contributed by atoms with van der Waals surface area (Å²) in [5.74, 6) is 0.272. The molecule has 7 nitrogen and oxygen atoms in total. The van der Waals surface area contributed by atoms with Gasteiger partial charge in [0.2, 0.25) is 5.88 Å². The molecule has 0 saturated carbocycles. The Morgan fingerprint density at radius 1 is 1.57 bits per heavy atom. The molecule has 0 radical (unpaired) electrons. The number of hydrogen-bond acceptors (Lipinski definition) is 5. The van der Waals surface area contributed by atoms with Crippen molar-refractivity contribution >= 4 is 17.5 Å². The molecule has 1 aliphatic heterocycles. The standard InChI is InChI=1S/C15H18ClN5O2/c1-10-9-21-12(8-18-10)6-13(20-21)15(22)17-4-5-23-14-3-2-11(16)7-19-14/h2-3,6-7,10,18H,4-5,8-9H2,1H3,(H,17,22). The molecule has 3 heterocycles. The van der Waals surface area contributed by atoms with Crippen LogP contribution in [0.5, 0.6) is 5.88 Å². The minimum atomic E-state index is -0.202. The minimum Gasteiger partial charge on any atom is -0.476 e. The van der Waals surface area contributed by atoms with Gasteiger partial charge in [0.25, 0.3) is 5.91 Å². The van der Waals surface area contributed by atoms with Gasteiger partial charge in [-0.3, -0.25) is 9.48 Å². The van der Waals surface area contributed by atoms with E-state index in [-0.39, 0.29) is 5.91 Å². The molecule has 2 N–H and O–H groups in total. The van der Waals surface area contributed by atoms with Crippen LogP contribution in [-0.2, 0) is 13.1 Å². The lowest BCUT2D eigenvalue weighted by atomic mass is 10.2. The van der Waals surface area contributed by atoms with Gasteiger partial charge in [-0.1, -0.05) is 11.6 Å². The van der Waals surface area contributed by atoms with Crippen LogP contribution in [0, 0.1) is 0 Å². The lowest BCUT2D eigenvalue weighted by molar-refractivity contribution is 0.0940. The van der Waals surface area contributed by atoms with Crippen molar-refractivity contribution in [2.75, 3.05) is 13.2 Å². The zero-order valence-electron chi connectivity index (χ0n) is 12.8. The second-order valence-electron chi connectivity index (χ2n) is 5.40. The highest BCUT2D eigenvalue weighted by molar-refractivity contribution is 6.30. The van der Waals surface area contributed by atoms with Crippen LogP contribution in [0.2, 0.25) is 5.02 Å². The predicted molar refractivity (Wildman–Crippen MR) is 85.6 cm³/mol. The molecule has 0 fully saturated rings. The molecular weight excluding hydrogens is 318 g/mol. The number of pyridine rings is 1. The first kappa shape index (κ1) is 15.8. The molecule has 3 rings (SSSR count). The van der Waals surface area contributed by atoms with Crippen molar-refractivity contribution in [1.29, 1.82) is 0 Å². The molecular formula is C15H18ClN5O2. The number of halogens is 1. The highest BCUT2D eigenvalue weighted by Gasteiger charge is 2.19. The average Bonchev–Trinajstić information content (AvgIpc) is 2.96. The average molecular weight is 336 g/mol. The largest absolute Gasteiger partial charge is 0.476 e. The van der Waals surface area contributed by atoms with Crippen LogP contribution < -0.4 is 15.4 Å². The first-order valence-corrected chi connectivity index (χ1v) is 7.82. The summed E-state index contributed by atoms with van der Waals surface area (Å²) in [6.45, 7) is 4.29. The molecule has 2 aromatic heterocycles. The number of hydrogen-bond donors (Lipinski definition) is 2. The number of carbonyl (C=O) groups excluding carboxylic acids is 1. The van der Waals surface area contributed by atoms with Crippen LogP contribution in [-0.4, -0.2) is 39.9 Å². The van der Waals surface area contributed by atoms with Crippen molar-refractivity contribution in [3.8, 4) is 5.88 Å². The molecule has 0 aromatic carbocycles. The maximum Gasteiger partial charge on any atom is 0.271 e. The second kappa shape index (κ2) is 6.97. The van der Waals surface area contributed by atoms with Gasteiger partial charge >= 0.3 is 0 Å². The Morgan fingerprint density at radius 3 is 3.22 bits per heavy atom. The van der Waals surface area contributed by atoms with E-state index >= 15 is 0 Å². The molecule has 23 heavy (non-hydrogen) atoms. The molecule has 1 unspecified atom stereocenters. The zero-order valence-corrected chi connectivity index (χ0v) is 13.5. The van der Waals surface area contributed by atoms with Gasteiger partial charge in [-0.25, -0.2) is 4.98 Å². The van der Waals surface area contributed by atoms with Crippen molar-refractivity contribution in [2.24, 2.45) is 0 Å². The molecule has 122 valence electrons. The molecule has 0 saturated heterocycles. The van der Waals surface area contributed by atoms with E-state index in [0.717, 1.165) is 18.8 Å². The molecule has 0 bridgehead atoms. The van der Waals surface area contributed by atoms with E-state index < -0.39 is 0 Å². The van der Waals surface area contributed by atoms with Gasteiger partial charge in [0.1, 0.15) is 12.3 Å². The third-order valence-electron chi connectivity index (χ3n) is 3.51. The van der Waals surface area contributed by atoms with Crippen molar-refractivity contribution in [3.63, 3.8) is 0 Å². The van der Waals surface area contributed by atoms with E-state index in [9.17, 15) is 4.79 Å². The fourth-order valence-electron chi connectivity index (χ4n) is 2.33. The van der Waals surface area contributed by atoms with Crippen molar-refractivity contribution in [3.05, 3.63) is 40.8 Å². The highest BCUT2D eigenvalue weighted by Crippen LogP contribution is 2.12. The van der Waals surface area contributed by atoms with Crippen molar-refractivity contribution < 1.29 is 9.53 Å². The molecule has 0 aliphatic carbocycles. The summed E-state index contributed by atoms with van der Waals surface area (Å²) in [5.41, 5.74) is 1.45. The first-order valence-electron chi connectivity index (χ1n) is 7.44. The Kier molecular flexibility index (Phi) is 4.78. The van der Waals surface area contributed by atoms with Crippen molar-refractivity contribution in [2.45, 2.75) is 26.1 Å². The third kappa shape index (κ3) is 4.00. The van der Waals surface area contributed by atoms with E-state index in [1.807, 2.05) is 10.7 Å². The zero-order chi connectivity index (χ0) is 16.2. The van der Waals surface area contributed by atoms with E-state index in [2.05, 4.69) is 27.6 Å². The number of ether oxygens (including phenoxy) is 1. The lowest BCUT2D eigenvalue weighted by Crippen LogP contribution is -2.36. The van der Waals surface area contributed by atoms with Crippen LogP contribution in [0.1, 0.15) is 23.1 Å². The predicted octanol–water partition coefficient (Wildman–Crippen LogP) is 1.23. The Hall–Kier alpha value is -2.12. The van der Waals surface area contributed by atoms with Crippen LogP contribution in [0.3, 0.4) is 0 Å². The summed E-state index contributed by atoms with van der Waals surface area (Å²) in [6, 6.07) is 5.56. The van der Waals surface area contributed by atoms with Gasteiger partial charge in [-0.2, -0.15) is 5.10 Å². The first-order chi connectivity index (χ1) is 11.1. The van der Waals surface area contributed by atoms with Crippen LogP contribution in [0.15, 0.2) is 24.4 Å². The van der Waals surface area contributed by atoms with Crippen LogP contribution >= 0.6 is 11.6 Å². The van der Waals surface area contributed by atoms with Crippen LogP contribution in [0.25, 0.3) is 0 Å². The maximum absolute atomic E-state index is 12.1. The molecule has 1 aliphatic rings. The Bertz CT molecular complexity index is 686. The second-order valence-corrected chi connectivity index (χ2v) is 5.84. The summed E-state index contributed by atoms with van der Waals surface area (Å²) < 4.78 is 7.30. The number of carbonyl (C=O) groups is 1. The normalized spacial score (nSPS) is 16.7. The molecule has 8 heteroatoms.